The fraction of sp³-hybridized carbons (Fsp3) is 0.533. The Balaban J connectivity index is 3.25. The highest BCUT2D eigenvalue weighted by Crippen LogP contribution is 2.32. The Morgan fingerprint density at radius 2 is 2.05 bits per heavy atom. The van der Waals surface area contributed by atoms with Gasteiger partial charge >= 0.3 is 5.97 Å². The second kappa shape index (κ2) is 7.30. The molecule has 0 heterocycles. The molecule has 2 atom stereocenters. The molecule has 0 saturated heterocycles. The quantitative estimate of drug-likeness (QED) is 0.801. The number of halogens is 2. The van der Waals surface area contributed by atoms with Crippen molar-refractivity contribution < 1.29 is 9.53 Å². The van der Waals surface area contributed by atoms with Crippen LogP contribution in [-0.4, -0.2) is 18.6 Å². The van der Waals surface area contributed by atoms with Gasteiger partial charge in [-0.1, -0.05) is 36.2 Å². The van der Waals surface area contributed by atoms with Crippen LogP contribution in [0.15, 0.2) is 18.2 Å². The van der Waals surface area contributed by atoms with E-state index in [0.717, 1.165) is 6.42 Å². The van der Waals surface area contributed by atoms with E-state index in [1.807, 2.05) is 13.8 Å². The average molecular weight is 318 g/mol. The number of esters is 1. The van der Waals surface area contributed by atoms with Crippen molar-refractivity contribution in [1.29, 1.82) is 0 Å². The van der Waals surface area contributed by atoms with Crippen molar-refractivity contribution in [2.24, 2.45) is 0 Å². The van der Waals surface area contributed by atoms with Crippen LogP contribution in [0.5, 0.6) is 0 Å². The molecule has 1 rings (SSSR count). The van der Waals surface area contributed by atoms with Crippen LogP contribution >= 0.6 is 23.2 Å². The molecule has 3 nitrogen and oxygen atoms in total. The van der Waals surface area contributed by atoms with Gasteiger partial charge in [-0.05, 0) is 39.3 Å². The van der Waals surface area contributed by atoms with Gasteiger partial charge in [0, 0.05) is 21.7 Å². The third-order valence-electron chi connectivity index (χ3n) is 3.30. The summed E-state index contributed by atoms with van der Waals surface area (Å²) in [4.78, 5) is 12.4. The highest BCUT2D eigenvalue weighted by molar-refractivity contribution is 6.35. The van der Waals surface area contributed by atoms with Crippen LogP contribution in [0.2, 0.25) is 10.0 Å². The molecule has 0 spiro atoms. The van der Waals surface area contributed by atoms with E-state index in [4.69, 9.17) is 27.9 Å². The number of ether oxygens (including phenoxy) is 1. The van der Waals surface area contributed by atoms with Gasteiger partial charge < -0.3 is 4.74 Å². The van der Waals surface area contributed by atoms with Crippen LogP contribution in [-0.2, 0) is 15.1 Å². The molecule has 2 unspecified atom stereocenters. The maximum absolute atomic E-state index is 12.4. The molecule has 0 aliphatic carbocycles. The Kier molecular flexibility index (Phi) is 6.31. The molecule has 20 heavy (non-hydrogen) atoms. The lowest BCUT2D eigenvalue weighted by Gasteiger charge is -2.32. The smallest absolute Gasteiger partial charge is 0.330 e. The Morgan fingerprint density at radius 3 is 2.55 bits per heavy atom. The summed E-state index contributed by atoms with van der Waals surface area (Å²) in [6.07, 6.45) is 0.889. The first kappa shape index (κ1) is 17.3. The van der Waals surface area contributed by atoms with Crippen molar-refractivity contribution in [3.8, 4) is 0 Å². The molecule has 1 N–H and O–H groups in total. The topological polar surface area (TPSA) is 38.3 Å². The summed E-state index contributed by atoms with van der Waals surface area (Å²) in [5, 5.41) is 4.29. The first-order valence-electron chi connectivity index (χ1n) is 6.75. The van der Waals surface area contributed by atoms with Gasteiger partial charge in [-0.25, -0.2) is 4.79 Å². The fourth-order valence-electron chi connectivity index (χ4n) is 2.01. The van der Waals surface area contributed by atoms with E-state index in [1.54, 1.807) is 32.0 Å². The zero-order chi connectivity index (χ0) is 15.3. The van der Waals surface area contributed by atoms with Gasteiger partial charge in [0.05, 0.1) is 6.61 Å². The van der Waals surface area contributed by atoms with E-state index in [9.17, 15) is 4.79 Å². The Labute approximate surface area is 130 Å². The molecule has 0 aromatic heterocycles. The number of nitrogens with one attached hydrogen (secondary N) is 1. The largest absolute Gasteiger partial charge is 0.464 e. The second-order valence-corrected chi connectivity index (χ2v) is 5.77. The number of hydrogen-bond acceptors (Lipinski definition) is 3. The highest BCUT2D eigenvalue weighted by atomic mass is 35.5. The highest BCUT2D eigenvalue weighted by Gasteiger charge is 2.39. The molecule has 0 amide bonds. The zero-order valence-corrected chi connectivity index (χ0v) is 13.8. The van der Waals surface area contributed by atoms with Crippen molar-refractivity contribution in [3.63, 3.8) is 0 Å². The zero-order valence-electron chi connectivity index (χ0n) is 12.3. The third kappa shape index (κ3) is 3.87. The molecule has 112 valence electrons. The predicted octanol–water partition coefficient (Wildman–Crippen LogP) is 4.16. The van der Waals surface area contributed by atoms with Gasteiger partial charge in [-0.15, -0.1) is 0 Å². The van der Waals surface area contributed by atoms with Crippen molar-refractivity contribution in [2.45, 2.75) is 45.7 Å². The van der Waals surface area contributed by atoms with Crippen LogP contribution in [0.4, 0.5) is 0 Å². The predicted molar refractivity (Wildman–Crippen MR) is 83.3 cm³/mol. The van der Waals surface area contributed by atoms with Gasteiger partial charge in [-0.3, -0.25) is 5.32 Å². The first-order chi connectivity index (χ1) is 9.35. The molecule has 0 radical (unpaired) electrons. The van der Waals surface area contributed by atoms with Gasteiger partial charge in [0.1, 0.15) is 5.54 Å². The van der Waals surface area contributed by atoms with Crippen molar-refractivity contribution >= 4 is 29.2 Å². The summed E-state index contributed by atoms with van der Waals surface area (Å²) in [7, 11) is 0. The van der Waals surface area contributed by atoms with Crippen LogP contribution in [0.1, 0.15) is 39.7 Å². The van der Waals surface area contributed by atoms with Crippen molar-refractivity contribution in [1.82, 2.24) is 5.32 Å². The summed E-state index contributed by atoms with van der Waals surface area (Å²) >= 11 is 12.2. The minimum Gasteiger partial charge on any atom is -0.464 e. The molecule has 1 aromatic rings. The Bertz CT molecular complexity index is 479. The van der Waals surface area contributed by atoms with Gasteiger partial charge in [-0.2, -0.15) is 0 Å². The minimum atomic E-state index is -0.993. The molecule has 5 heteroatoms. The second-order valence-electron chi connectivity index (χ2n) is 4.92. The molecule has 0 bridgehead atoms. The number of rotatable bonds is 6. The molecule has 0 aliphatic heterocycles. The van der Waals surface area contributed by atoms with E-state index in [2.05, 4.69) is 5.32 Å². The molecular weight excluding hydrogens is 297 g/mol. The van der Waals surface area contributed by atoms with Gasteiger partial charge in [0.2, 0.25) is 0 Å². The normalized spacial score (nSPS) is 15.5. The molecule has 0 fully saturated rings. The Hall–Kier alpha value is -0.770. The summed E-state index contributed by atoms with van der Waals surface area (Å²) in [5.74, 6) is -0.343. The van der Waals surface area contributed by atoms with Gasteiger partial charge in [0.25, 0.3) is 0 Å². The van der Waals surface area contributed by atoms with E-state index in [-0.39, 0.29) is 12.0 Å². The average Bonchev–Trinajstić information content (AvgIpc) is 2.38. The van der Waals surface area contributed by atoms with E-state index in [1.165, 1.54) is 0 Å². The van der Waals surface area contributed by atoms with Gasteiger partial charge in [0.15, 0.2) is 0 Å². The van der Waals surface area contributed by atoms with Crippen LogP contribution in [0, 0.1) is 0 Å². The fourth-order valence-corrected chi connectivity index (χ4v) is 2.61. The molecule has 1 aromatic carbocycles. The van der Waals surface area contributed by atoms with E-state index in [0.29, 0.717) is 22.2 Å². The lowest BCUT2D eigenvalue weighted by Crippen LogP contribution is -2.51. The summed E-state index contributed by atoms with van der Waals surface area (Å²) in [5.41, 5.74) is -0.324. The molecular formula is C15H21Cl2NO2. The maximum Gasteiger partial charge on any atom is 0.330 e. The SMILES string of the molecule is CCOC(=O)C(C)(NC(C)CC)c1ccc(Cl)cc1Cl. The summed E-state index contributed by atoms with van der Waals surface area (Å²) < 4.78 is 5.20. The maximum atomic E-state index is 12.4. The number of hydrogen-bond donors (Lipinski definition) is 1. The number of carbonyl (C=O) groups excluding carboxylic acids is 1. The lowest BCUT2D eigenvalue weighted by atomic mass is 9.90. The van der Waals surface area contributed by atoms with E-state index >= 15 is 0 Å². The molecule has 0 saturated carbocycles. The van der Waals surface area contributed by atoms with Crippen LogP contribution in [0.25, 0.3) is 0 Å². The standard InChI is InChI=1S/C15H21Cl2NO2/c1-5-10(3)18-15(4,14(19)20-6-2)12-8-7-11(16)9-13(12)17/h7-10,18H,5-6H2,1-4H3. The Morgan fingerprint density at radius 1 is 1.40 bits per heavy atom. The van der Waals surface area contributed by atoms with Crippen LogP contribution < -0.4 is 5.32 Å². The minimum absolute atomic E-state index is 0.149. The number of benzene rings is 1. The third-order valence-corrected chi connectivity index (χ3v) is 3.85. The monoisotopic (exact) mass is 317 g/mol. The van der Waals surface area contributed by atoms with Crippen molar-refractivity contribution in [2.75, 3.05) is 6.61 Å². The molecule has 0 aliphatic rings. The van der Waals surface area contributed by atoms with Crippen LogP contribution in [0.3, 0.4) is 0 Å². The van der Waals surface area contributed by atoms with Crippen molar-refractivity contribution in [3.05, 3.63) is 33.8 Å². The first-order valence-corrected chi connectivity index (χ1v) is 7.51. The lowest BCUT2D eigenvalue weighted by molar-refractivity contribution is -0.151. The van der Waals surface area contributed by atoms with E-state index < -0.39 is 5.54 Å². The summed E-state index contributed by atoms with van der Waals surface area (Å²) in [6, 6.07) is 5.26. The number of carbonyl (C=O) groups is 1. The summed E-state index contributed by atoms with van der Waals surface area (Å²) in [6.45, 7) is 7.95.